The summed E-state index contributed by atoms with van der Waals surface area (Å²) in [6, 6.07) is 5.35. The summed E-state index contributed by atoms with van der Waals surface area (Å²) in [5, 5.41) is 0. The van der Waals surface area contributed by atoms with Gasteiger partial charge in [-0.25, -0.2) is 0 Å². The van der Waals surface area contributed by atoms with Crippen LogP contribution in [-0.4, -0.2) is 19.7 Å². The molecule has 0 aliphatic carbocycles. The number of alkyl halides is 2. The number of esters is 1. The Balaban J connectivity index is 2.84. The summed E-state index contributed by atoms with van der Waals surface area (Å²) in [5.74, 6) is -0.539. The first-order valence-corrected chi connectivity index (χ1v) is 4.90. The second-order valence-corrected chi connectivity index (χ2v) is 3.30. The Morgan fingerprint density at radius 3 is 2.65 bits per heavy atom. The molecule has 1 atom stereocenters. The highest BCUT2D eigenvalue weighted by molar-refractivity contribution is 5.70. The third-order valence-corrected chi connectivity index (χ3v) is 2.15. The van der Waals surface area contributed by atoms with Crippen LogP contribution < -0.4 is 10.5 Å². The first-order valence-electron chi connectivity index (χ1n) is 4.90. The molecular weight excluding hydrogens is 232 g/mol. The number of hydrogen-bond acceptors (Lipinski definition) is 4. The van der Waals surface area contributed by atoms with E-state index in [0.717, 1.165) is 0 Å². The number of carbonyl (C=O) groups excluding carboxylic acids is 1. The zero-order valence-electron chi connectivity index (χ0n) is 9.23. The van der Waals surface area contributed by atoms with Crippen LogP contribution in [0.15, 0.2) is 24.3 Å². The van der Waals surface area contributed by atoms with Gasteiger partial charge in [-0.3, -0.25) is 4.79 Å². The molecular formula is C11H13F2NO3. The van der Waals surface area contributed by atoms with Crippen LogP contribution >= 0.6 is 0 Å². The molecule has 0 aliphatic rings. The van der Waals surface area contributed by atoms with Crippen molar-refractivity contribution in [3.8, 4) is 5.75 Å². The number of nitrogens with two attached hydrogens (primary N) is 1. The van der Waals surface area contributed by atoms with Gasteiger partial charge in [-0.05, 0) is 6.07 Å². The fourth-order valence-corrected chi connectivity index (χ4v) is 1.36. The molecule has 1 aromatic carbocycles. The molecule has 0 aromatic heterocycles. The zero-order chi connectivity index (χ0) is 12.8. The summed E-state index contributed by atoms with van der Waals surface area (Å²) >= 11 is 0. The predicted octanol–water partition coefficient (Wildman–Crippen LogP) is 1.85. The van der Waals surface area contributed by atoms with Crippen molar-refractivity contribution in [3.63, 3.8) is 0 Å². The molecule has 0 unspecified atom stereocenters. The van der Waals surface area contributed by atoms with Crippen LogP contribution in [0, 0.1) is 0 Å². The maximum absolute atomic E-state index is 12.1. The normalized spacial score (nSPS) is 12.3. The number of halogens is 2. The van der Waals surface area contributed by atoms with Crippen molar-refractivity contribution in [3.05, 3.63) is 29.8 Å². The lowest BCUT2D eigenvalue weighted by Gasteiger charge is -2.15. The lowest BCUT2D eigenvalue weighted by molar-refractivity contribution is -0.141. The Hall–Kier alpha value is -1.69. The molecule has 0 saturated heterocycles. The number of hydrogen-bond donors (Lipinski definition) is 1. The second-order valence-electron chi connectivity index (χ2n) is 3.30. The Bertz CT molecular complexity index is 385. The van der Waals surface area contributed by atoms with Gasteiger partial charge >= 0.3 is 12.6 Å². The van der Waals surface area contributed by atoms with Crippen LogP contribution in [0.2, 0.25) is 0 Å². The van der Waals surface area contributed by atoms with Crippen molar-refractivity contribution in [1.29, 1.82) is 0 Å². The van der Waals surface area contributed by atoms with Crippen molar-refractivity contribution >= 4 is 5.97 Å². The highest BCUT2D eigenvalue weighted by Gasteiger charge is 2.17. The minimum atomic E-state index is -2.93. The molecule has 2 N–H and O–H groups in total. The Morgan fingerprint density at radius 2 is 2.06 bits per heavy atom. The lowest BCUT2D eigenvalue weighted by Crippen LogP contribution is -2.18. The molecule has 0 amide bonds. The molecule has 0 bridgehead atoms. The molecule has 0 spiro atoms. The standard InChI is InChI=1S/C11H13F2NO3/c1-16-10(15)6-8(14)7-4-2-3-5-9(7)17-11(12)13/h2-5,8,11H,6,14H2,1H3/t8-/m0/s1. The highest BCUT2D eigenvalue weighted by Crippen LogP contribution is 2.27. The molecule has 0 heterocycles. The number of ether oxygens (including phenoxy) is 2. The van der Waals surface area contributed by atoms with Gasteiger partial charge in [-0.15, -0.1) is 0 Å². The zero-order valence-corrected chi connectivity index (χ0v) is 9.23. The topological polar surface area (TPSA) is 61.5 Å². The van der Waals surface area contributed by atoms with Crippen molar-refractivity contribution in [1.82, 2.24) is 0 Å². The van der Waals surface area contributed by atoms with E-state index in [4.69, 9.17) is 5.73 Å². The van der Waals surface area contributed by atoms with Crippen LogP contribution in [0.4, 0.5) is 8.78 Å². The van der Waals surface area contributed by atoms with Gasteiger partial charge in [-0.2, -0.15) is 8.78 Å². The van der Waals surface area contributed by atoms with Gasteiger partial charge in [0.2, 0.25) is 0 Å². The Kier molecular flexibility index (Phi) is 4.84. The molecule has 1 aromatic rings. The van der Waals surface area contributed by atoms with Crippen LogP contribution in [0.1, 0.15) is 18.0 Å². The summed E-state index contributed by atoms with van der Waals surface area (Å²) in [6.07, 6.45) is -0.0971. The van der Waals surface area contributed by atoms with Crippen LogP contribution in [0.5, 0.6) is 5.75 Å². The molecule has 0 radical (unpaired) electrons. The van der Waals surface area contributed by atoms with Crippen LogP contribution in [0.3, 0.4) is 0 Å². The highest BCUT2D eigenvalue weighted by atomic mass is 19.3. The largest absolute Gasteiger partial charge is 0.469 e. The predicted molar refractivity (Wildman–Crippen MR) is 56.6 cm³/mol. The Morgan fingerprint density at radius 1 is 1.41 bits per heavy atom. The third kappa shape index (κ3) is 3.99. The second kappa shape index (κ2) is 6.15. The SMILES string of the molecule is COC(=O)C[C@H](N)c1ccccc1OC(F)F. The lowest BCUT2D eigenvalue weighted by atomic mass is 10.0. The fraction of sp³-hybridized carbons (Fsp3) is 0.364. The number of rotatable bonds is 5. The number of carbonyl (C=O) groups is 1. The number of para-hydroxylation sites is 1. The average molecular weight is 245 g/mol. The van der Waals surface area contributed by atoms with Gasteiger partial charge < -0.3 is 15.2 Å². The molecule has 1 rings (SSSR count). The van der Waals surface area contributed by atoms with Gasteiger partial charge in [0.15, 0.2) is 0 Å². The maximum atomic E-state index is 12.1. The third-order valence-electron chi connectivity index (χ3n) is 2.15. The quantitative estimate of drug-likeness (QED) is 0.804. The molecule has 0 fully saturated rings. The van der Waals surface area contributed by atoms with Crippen molar-refractivity contribution in [2.75, 3.05) is 7.11 Å². The monoisotopic (exact) mass is 245 g/mol. The van der Waals surface area contributed by atoms with E-state index in [9.17, 15) is 13.6 Å². The first kappa shape index (κ1) is 13.4. The van der Waals surface area contributed by atoms with E-state index < -0.39 is 18.6 Å². The van der Waals surface area contributed by atoms with Crippen LogP contribution in [-0.2, 0) is 9.53 Å². The summed E-state index contributed by atoms with van der Waals surface area (Å²) in [5.41, 5.74) is 6.07. The van der Waals surface area contributed by atoms with Gasteiger partial charge in [0.1, 0.15) is 5.75 Å². The average Bonchev–Trinajstić information content (AvgIpc) is 2.28. The van der Waals surface area contributed by atoms with Gasteiger partial charge in [-0.1, -0.05) is 18.2 Å². The van der Waals surface area contributed by atoms with E-state index in [1.54, 1.807) is 12.1 Å². The molecule has 0 aliphatic heterocycles. The molecule has 17 heavy (non-hydrogen) atoms. The number of methoxy groups -OCH3 is 1. The van der Waals surface area contributed by atoms with E-state index in [0.29, 0.717) is 5.56 Å². The van der Waals surface area contributed by atoms with Crippen molar-refractivity contribution in [2.45, 2.75) is 19.1 Å². The van der Waals surface area contributed by atoms with Crippen LogP contribution in [0.25, 0.3) is 0 Å². The molecule has 94 valence electrons. The maximum Gasteiger partial charge on any atom is 0.387 e. The van der Waals surface area contributed by atoms with Gasteiger partial charge in [0.25, 0.3) is 0 Å². The molecule has 6 heteroatoms. The van der Waals surface area contributed by atoms with Gasteiger partial charge in [0, 0.05) is 11.6 Å². The minimum Gasteiger partial charge on any atom is -0.469 e. The van der Waals surface area contributed by atoms with E-state index in [1.807, 2.05) is 0 Å². The van der Waals surface area contributed by atoms with Gasteiger partial charge in [0.05, 0.1) is 13.5 Å². The number of benzene rings is 1. The van der Waals surface area contributed by atoms with Crippen molar-refractivity contribution < 1.29 is 23.0 Å². The van der Waals surface area contributed by atoms with E-state index in [2.05, 4.69) is 9.47 Å². The van der Waals surface area contributed by atoms with Crippen molar-refractivity contribution in [2.24, 2.45) is 5.73 Å². The fourth-order valence-electron chi connectivity index (χ4n) is 1.36. The van der Waals surface area contributed by atoms with E-state index in [1.165, 1.54) is 19.2 Å². The smallest absolute Gasteiger partial charge is 0.387 e. The van der Waals surface area contributed by atoms with E-state index in [-0.39, 0.29) is 12.2 Å². The Labute approximate surface area is 97.3 Å². The minimum absolute atomic E-state index is 0.0288. The molecule has 4 nitrogen and oxygen atoms in total. The summed E-state index contributed by atoms with van der Waals surface area (Å²) in [4.78, 5) is 11.0. The summed E-state index contributed by atoms with van der Waals surface area (Å²) in [7, 11) is 1.23. The molecule has 0 saturated carbocycles. The van der Waals surface area contributed by atoms with E-state index >= 15 is 0 Å². The summed E-state index contributed by atoms with van der Waals surface area (Å²) < 4.78 is 33.0. The first-order chi connectivity index (χ1) is 8.04. The summed E-state index contributed by atoms with van der Waals surface area (Å²) in [6.45, 7) is -2.93.